The Labute approximate surface area is 89.7 Å². The predicted molar refractivity (Wildman–Crippen MR) is 56.5 cm³/mol. The molecule has 0 spiro atoms. The molecule has 14 heavy (non-hydrogen) atoms. The Bertz CT molecular complexity index is 302. The lowest BCUT2D eigenvalue weighted by molar-refractivity contribution is 0.262. The number of rotatable bonds is 2. The molecule has 0 aliphatic heterocycles. The Morgan fingerprint density at radius 1 is 1.43 bits per heavy atom. The first-order valence-electron chi connectivity index (χ1n) is 5.26. The Morgan fingerprint density at radius 3 is 2.71 bits per heavy atom. The topological polar surface area (TPSA) is 26.0 Å². The molecular formula is C11H16ClNO. The predicted octanol–water partition coefficient (Wildman–Crippen LogP) is 3.64. The lowest BCUT2D eigenvalue weighted by atomic mass is 9.74. The molecule has 0 amide bonds. The van der Waals surface area contributed by atoms with E-state index in [1.165, 1.54) is 32.1 Å². The minimum Gasteiger partial charge on any atom is -0.444 e. The van der Waals surface area contributed by atoms with Gasteiger partial charge < -0.3 is 4.42 Å². The molecule has 0 N–H and O–H groups in total. The summed E-state index contributed by atoms with van der Waals surface area (Å²) in [6.07, 6.45) is 8.23. The van der Waals surface area contributed by atoms with E-state index in [9.17, 15) is 0 Å². The summed E-state index contributed by atoms with van der Waals surface area (Å²) in [4.78, 5) is 4.16. The summed E-state index contributed by atoms with van der Waals surface area (Å²) >= 11 is 5.67. The Balaban J connectivity index is 2.19. The highest BCUT2D eigenvalue weighted by atomic mass is 35.5. The van der Waals surface area contributed by atoms with Gasteiger partial charge in [0.15, 0.2) is 0 Å². The van der Waals surface area contributed by atoms with Gasteiger partial charge in [-0.15, -0.1) is 11.6 Å². The van der Waals surface area contributed by atoms with Gasteiger partial charge in [0.2, 0.25) is 5.89 Å². The smallest absolute Gasteiger partial charge is 0.209 e. The molecular weight excluding hydrogens is 198 g/mol. The van der Waals surface area contributed by atoms with Crippen LogP contribution >= 0.6 is 11.6 Å². The highest BCUT2D eigenvalue weighted by Crippen LogP contribution is 2.39. The van der Waals surface area contributed by atoms with E-state index in [0.29, 0.717) is 11.8 Å². The van der Waals surface area contributed by atoms with Crippen LogP contribution in [0.5, 0.6) is 0 Å². The number of hydrogen-bond donors (Lipinski definition) is 0. The minimum absolute atomic E-state index is 0.204. The Hall–Kier alpha value is -0.500. The summed E-state index contributed by atoms with van der Waals surface area (Å²) in [5.74, 6) is 2.04. The van der Waals surface area contributed by atoms with Crippen molar-refractivity contribution in [1.82, 2.24) is 4.98 Å². The molecule has 1 aliphatic rings. The van der Waals surface area contributed by atoms with Crippen LogP contribution in [0, 0.1) is 0 Å². The Morgan fingerprint density at radius 2 is 2.14 bits per heavy atom. The van der Waals surface area contributed by atoms with Crippen LogP contribution in [0.3, 0.4) is 0 Å². The molecule has 0 saturated heterocycles. The second-order valence-electron chi connectivity index (χ2n) is 4.37. The number of nitrogens with zero attached hydrogens (tertiary/aromatic N) is 1. The third-order valence-corrected chi connectivity index (χ3v) is 3.45. The molecule has 1 aromatic heterocycles. The quantitative estimate of drug-likeness (QED) is 0.702. The highest BCUT2D eigenvalue weighted by molar-refractivity contribution is 6.16. The highest BCUT2D eigenvalue weighted by Gasteiger charge is 2.32. The molecule has 2 nitrogen and oxygen atoms in total. The summed E-state index contributed by atoms with van der Waals surface area (Å²) in [6.45, 7) is 2.27. The zero-order valence-electron chi connectivity index (χ0n) is 8.55. The summed E-state index contributed by atoms with van der Waals surface area (Å²) < 4.78 is 5.63. The van der Waals surface area contributed by atoms with Gasteiger partial charge in [-0.2, -0.15) is 0 Å². The van der Waals surface area contributed by atoms with Crippen molar-refractivity contribution in [1.29, 1.82) is 0 Å². The molecule has 0 aromatic carbocycles. The average molecular weight is 214 g/mol. The van der Waals surface area contributed by atoms with Gasteiger partial charge in [-0.3, -0.25) is 0 Å². The van der Waals surface area contributed by atoms with Gasteiger partial charge in [0.25, 0.3) is 0 Å². The standard InChI is InChI=1S/C11H16ClNO/c1-11(5-3-2-4-6-11)9-8-13-10(7-12)14-9/h8H,2-7H2,1H3. The van der Waals surface area contributed by atoms with Crippen LogP contribution in [0.15, 0.2) is 10.6 Å². The maximum absolute atomic E-state index is 5.67. The van der Waals surface area contributed by atoms with Gasteiger partial charge in [-0.1, -0.05) is 26.2 Å². The molecule has 0 radical (unpaired) electrons. The summed E-state index contributed by atoms with van der Waals surface area (Å²) in [5, 5.41) is 0. The van der Waals surface area contributed by atoms with Crippen molar-refractivity contribution in [3.05, 3.63) is 17.8 Å². The maximum atomic E-state index is 5.67. The van der Waals surface area contributed by atoms with Crippen LogP contribution in [0.1, 0.15) is 50.7 Å². The van der Waals surface area contributed by atoms with Crippen LogP contribution < -0.4 is 0 Å². The summed E-state index contributed by atoms with van der Waals surface area (Å²) in [5.41, 5.74) is 0.204. The molecule has 0 bridgehead atoms. The Kier molecular flexibility index (Phi) is 2.82. The maximum Gasteiger partial charge on any atom is 0.209 e. The first-order chi connectivity index (χ1) is 6.74. The van der Waals surface area contributed by atoms with E-state index in [-0.39, 0.29) is 5.41 Å². The normalized spacial score (nSPS) is 21.0. The fourth-order valence-corrected chi connectivity index (χ4v) is 2.35. The largest absolute Gasteiger partial charge is 0.444 e. The van der Waals surface area contributed by atoms with E-state index in [4.69, 9.17) is 16.0 Å². The molecule has 1 saturated carbocycles. The van der Waals surface area contributed by atoms with Crippen LogP contribution in [0.2, 0.25) is 0 Å². The van der Waals surface area contributed by atoms with Crippen molar-refractivity contribution in [3.8, 4) is 0 Å². The minimum atomic E-state index is 0.204. The second kappa shape index (κ2) is 3.93. The van der Waals surface area contributed by atoms with Crippen molar-refractivity contribution >= 4 is 11.6 Å². The second-order valence-corrected chi connectivity index (χ2v) is 4.64. The lowest BCUT2D eigenvalue weighted by Crippen LogP contribution is -2.24. The molecule has 1 aromatic rings. The van der Waals surface area contributed by atoms with E-state index in [2.05, 4.69) is 11.9 Å². The molecule has 0 atom stereocenters. The van der Waals surface area contributed by atoms with E-state index < -0.39 is 0 Å². The first kappa shape index (κ1) is 10.0. The van der Waals surface area contributed by atoms with Gasteiger partial charge >= 0.3 is 0 Å². The summed E-state index contributed by atoms with van der Waals surface area (Å²) in [6, 6.07) is 0. The van der Waals surface area contributed by atoms with Crippen molar-refractivity contribution in [2.75, 3.05) is 0 Å². The van der Waals surface area contributed by atoms with Crippen molar-refractivity contribution < 1.29 is 4.42 Å². The summed E-state index contributed by atoms with van der Waals surface area (Å²) in [7, 11) is 0. The SMILES string of the molecule is CC1(c2cnc(CCl)o2)CCCCC1. The number of oxazole rings is 1. The molecule has 1 heterocycles. The molecule has 1 fully saturated rings. The van der Waals surface area contributed by atoms with Gasteiger partial charge in [-0.05, 0) is 12.8 Å². The van der Waals surface area contributed by atoms with E-state index in [0.717, 1.165) is 5.76 Å². The molecule has 0 unspecified atom stereocenters. The monoisotopic (exact) mass is 213 g/mol. The molecule has 3 heteroatoms. The van der Waals surface area contributed by atoms with Crippen molar-refractivity contribution in [2.45, 2.75) is 50.3 Å². The molecule has 78 valence electrons. The number of alkyl halides is 1. The zero-order chi connectivity index (χ0) is 10.0. The molecule has 2 rings (SSSR count). The van der Waals surface area contributed by atoms with Gasteiger partial charge in [0, 0.05) is 5.41 Å². The number of halogens is 1. The average Bonchev–Trinajstić information content (AvgIpc) is 2.67. The van der Waals surface area contributed by atoms with E-state index in [1.54, 1.807) is 0 Å². The number of hydrogen-bond acceptors (Lipinski definition) is 2. The first-order valence-corrected chi connectivity index (χ1v) is 5.79. The third-order valence-electron chi connectivity index (χ3n) is 3.22. The zero-order valence-corrected chi connectivity index (χ0v) is 9.31. The van der Waals surface area contributed by atoms with Crippen molar-refractivity contribution in [3.63, 3.8) is 0 Å². The lowest BCUT2D eigenvalue weighted by Gasteiger charge is -2.30. The van der Waals surface area contributed by atoms with Gasteiger partial charge in [0.1, 0.15) is 5.76 Å². The fourth-order valence-electron chi connectivity index (χ4n) is 2.23. The fraction of sp³-hybridized carbons (Fsp3) is 0.727. The third kappa shape index (κ3) is 1.81. The number of aromatic nitrogens is 1. The van der Waals surface area contributed by atoms with Crippen molar-refractivity contribution in [2.24, 2.45) is 0 Å². The van der Waals surface area contributed by atoms with E-state index in [1.807, 2.05) is 6.20 Å². The van der Waals surface area contributed by atoms with E-state index >= 15 is 0 Å². The van der Waals surface area contributed by atoms with Crippen LogP contribution in [0.4, 0.5) is 0 Å². The van der Waals surface area contributed by atoms with Crippen LogP contribution in [0.25, 0.3) is 0 Å². The van der Waals surface area contributed by atoms with Gasteiger partial charge in [-0.25, -0.2) is 4.98 Å². The van der Waals surface area contributed by atoms with Crippen LogP contribution in [-0.2, 0) is 11.3 Å². The van der Waals surface area contributed by atoms with Gasteiger partial charge in [0.05, 0.1) is 12.1 Å². The van der Waals surface area contributed by atoms with Crippen LogP contribution in [-0.4, -0.2) is 4.98 Å². The molecule has 1 aliphatic carbocycles.